The largest absolute Gasteiger partial charge is 0.497 e. The number of hydroxylamine groups is 1. The molecule has 9 heteroatoms. The van der Waals surface area contributed by atoms with E-state index in [0.29, 0.717) is 41.2 Å². The number of carbonyl (C=O) groups is 1. The number of hydrogen-bond acceptors (Lipinski definition) is 6. The molecule has 1 heterocycles. The van der Waals surface area contributed by atoms with Gasteiger partial charge in [-0.3, -0.25) is 10.0 Å². The minimum absolute atomic E-state index is 0.0414. The summed E-state index contributed by atoms with van der Waals surface area (Å²) >= 11 is 0. The fraction of sp³-hybridized carbons (Fsp3) is 0.190. The van der Waals surface area contributed by atoms with Crippen molar-refractivity contribution in [1.82, 2.24) is 5.48 Å². The zero-order chi connectivity index (χ0) is 21.7. The summed E-state index contributed by atoms with van der Waals surface area (Å²) < 4.78 is 35.4. The number of sulfonamides is 1. The molecule has 0 bridgehead atoms. The van der Waals surface area contributed by atoms with Gasteiger partial charge < -0.3 is 9.15 Å². The van der Waals surface area contributed by atoms with Crippen LogP contribution in [-0.4, -0.2) is 26.6 Å². The fourth-order valence-corrected chi connectivity index (χ4v) is 3.87. The monoisotopic (exact) mass is 430 g/mol. The lowest BCUT2D eigenvalue weighted by Crippen LogP contribution is -2.17. The summed E-state index contributed by atoms with van der Waals surface area (Å²) in [6.45, 7) is 0. The highest BCUT2D eigenvalue weighted by Crippen LogP contribution is 2.38. The molecule has 3 rings (SSSR count). The molecule has 0 aliphatic heterocycles. The van der Waals surface area contributed by atoms with Crippen LogP contribution in [0.15, 0.2) is 63.9 Å². The molecule has 4 N–H and O–H groups in total. The van der Waals surface area contributed by atoms with E-state index < -0.39 is 15.9 Å². The van der Waals surface area contributed by atoms with Gasteiger partial charge >= 0.3 is 0 Å². The lowest BCUT2D eigenvalue weighted by atomic mass is 10.0. The number of nitrogens with one attached hydrogen (secondary N) is 1. The molecule has 0 aliphatic rings. The Morgan fingerprint density at radius 2 is 1.83 bits per heavy atom. The molecular weight excluding hydrogens is 408 g/mol. The van der Waals surface area contributed by atoms with Crippen LogP contribution in [0, 0.1) is 0 Å². The van der Waals surface area contributed by atoms with Gasteiger partial charge in [-0.15, -0.1) is 0 Å². The lowest BCUT2D eigenvalue weighted by Gasteiger charge is -2.08. The van der Waals surface area contributed by atoms with Crippen LogP contribution in [0.25, 0.3) is 22.5 Å². The van der Waals surface area contributed by atoms with E-state index in [2.05, 4.69) is 0 Å². The average Bonchev–Trinajstić information content (AvgIpc) is 3.17. The SMILES string of the molecule is COc1ccc(-c2cc(CCCC(=O)NO)oc2-c2ccccc2S(N)(=O)=O)cc1. The highest BCUT2D eigenvalue weighted by atomic mass is 32.2. The first kappa shape index (κ1) is 21.6. The van der Waals surface area contributed by atoms with Gasteiger partial charge in [0.15, 0.2) is 0 Å². The third-order valence-corrected chi connectivity index (χ3v) is 5.54. The number of nitrogens with two attached hydrogens (primary N) is 1. The van der Waals surface area contributed by atoms with Gasteiger partial charge in [-0.05, 0) is 42.3 Å². The van der Waals surface area contributed by atoms with E-state index in [4.69, 9.17) is 19.5 Å². The first-order valence-electron chi connectivity index (χ1n) is 9.15. The number of furan rings is 1. The molecule has 8 nitrogen and oxygen atoms in total. The normalized spacial score (nSPS) is 11.3. The van der Waals surface area contributed by atoms with Crippen LogP contribution in [0.2, 0.25) is 0 Å². The van der Waals surface area contributed by atoms with Crippen LogP contribution in [0.3, 0.4) is 0 Å². The number of primary sulfonamides is 1. The highest BCUT2D eigenvalue weighted by Gasteiger charge is 2.22. The minimum atomic E-state index is -3.97. The molecular formula is C21H22N2O6S. The van der Waals surface area contributed by atoms with Gasteiger partial charge in [0.1, 0.15) is 17.3 Å². The first-order valence-corrected chi connectivity index (χ1v) is 10.7. The van der Waals surface area contributed by atoms with E-state index in [1.165, 1.54) is 6.07 Å². The van der Waals surface area contributed by atoms with Gasteiger partial charge in [-0.25, -0.2) is 19.0 Å². The van der Waals surface area contributed by atoms with E-state index in [1.54, 1.807) is 42.9 Å². The van der Waals surface area contributed by atoms with Crippen molar-refractivity contribution in [3.8, 4) is 28.2 Å². The van der Waals surface area contributed by atoms with Crippen LogP contribution >= 0.6 is 0 Å². The Hall–Kier alpha value is -3.14. The summed E-state index contributed by atoms with van der Waals surface area (Å²) in [7, 11) is -2.40. The summed E-state index contributed by atoms with van der Waals surface area (Å²) in [5, 5.41) is 14.0. The maximum Gasteiger partial charge on any atom is 0.243 e. The molecule has 0 aliphatic carbocycles. The number of aryl methyl sites for hydroxylation is 1. The van der Waals surface area contributed by atoms with E-state index in [1.807, 2.05) is 18.2 Å². The highest BCUT2D eigenvalue weighted by molar-refractivity contribution is 7.89. The van der Waals surface area contributed by atoms with Crippen molar-refractivity contribution in [3.05, 3.63) is 60.4 Å². The zero-order valence-corrected chi connectivity index (χ0v) is 17.1. The lowest BCUT2D eigenvalue weighted by molar-refractivity contribution is -0.129. The summed E-state index contributed by atoms with van der Waals surface area (Å²) in [6, 6.07) is 15.4. The van der Waals surface area contributed by atoms with Crippen molar-refractivity contribution in [3.63, 3.8) is 0 Å². The van der Waals surface area contributed by atoms with Gasteiger partial charge in [-0.1, -0.05) is 24.3 Å². The summed E-state index contributed by atoms with van der Waals surface area (Å²) in [5.74, 6) is 1.14. The minimum Gasteiger partial charge on any atom is -0.497 e. The molecule has 0 unspecified atom stereocenters. The molecule has 1 aromatic heterocycles. The topological polar surface area (TPSA) is 132 Å². The summed E-state index contributed by atoms with van der Waals surface area (Å²) in [5.41, 5.74) is 3.44. The van der Waals surface area contributed by atoms with Crippen molar-refractivity contribution in [2.45, 2.75) is 24.2 Å². The second-order valence-corrected chi connectivity index (χ2v) is 8.14. The first-order chi connectivity index (χ1) is 14.3. The number of benzene rings is 2. The maximum atomic E-state index is 12.1. The van der Waals surface area contributed by atoms with E-state index >= 15 is 0 Å². The van der Waals surface area contributed by atoms with Crippen molar-refractivity contribution in [1.29, 1.82) is 0 Å². The molecule has 2 aromatic carbocycles. The predicted octanol–water partition coefficient (Wildman–Crippen LogP) is 3.10. The average molecular weight is 430 g/mol. The number of hydrogen-bond donors (Lipinski definition) is 3. The van der Waals surface area contributed by atoms with Gasteiger partial charge in [0, 0.05) is 24.0 Å². The van der Waals surface area contributed by atoms with E-state index in [0.717, 1.165) is 5.56 Å². The second-order valence-electron chi connectivity index (χ2n) is 6.61. The molecule has 0 saturated heterocycles. The number of amides is 1. The molecule has 0 spiro atoms. The molecule has 1 amide bonds. The Morgan fingerprint density at radius 1 is 1.13 bits per heavy atom. The number of carbonyl (C=O) groups excluding carboxylic acids is 1. The van der Waals surface area contributed by atoms with Gasteiger partial charge in [0.2, 0.25) is 15.9 Å². The standard InChI is InChI=1S/C21H22N2O6S/c1-28-15-11-9-14(10-12-15)18-13-16(5-4-8-20(24)23-25)29-21(18)17-6-2-3-7-19(17)30(22,26)27/h2-3,6-7,9-13,25H,4-5,8H2,1H3,(H,23,24)(H2,22,26,27). The van der Waals surface area contributed by atoms with Gasteiger partial charge in [0.25, 0.3) is 0 Å². The van der Waals surface area contributed by atoms with E-state index in [-0.39, 0.29) is 11.3 Å². The van der Waals surface area contributed by atoms with Crippen molar-refractivity contribution < 1.29 is 27.6 Å². The third kappa shape index (κ3) is 4.88. The number of methoxy groups -OCH3 is 1. The molecule has 0 fully saturated rings. The predicted molar refractivity (Wildman–Crippen MR) is 110 cm³/mol. The number of rotatable bonds is 8. The fourth-order valence-electron chi connectivity index (χ4n) is 3.13. The molecule has 0 atom stereocenters. The molecule has 0 radical (unpaired) electrons. The Bertz CT molecular complexity index is 1140. The van der Waals surface area contributed by atoms with Crippen LogP contribution in [0.1, 0.15) is 18.6 Å². The summed E-state index contributed by atoms with van der Waals surface area (Å²) in [4.78, 5) is 11.2. The van der Waals surface area contributed by atoms with Gasteiger partial charge in [-0.2, -0.15) is 0 Å². The molecule has 3 aromatic rings. The van der Waals surface area contributed by atoms with E-state index in [9.17, 15) is 13.2 Å². The summed E-state index contributed by atoms with van der Waals surface area (Å²) in [6.07, 6.45) is 0.991. The molecule has 30 heavy (non-hydrogen) atoms. The quantitative estimate of drug-likeness (QED) is 0.372. The Kier molecular flexibility index (Phi) is 6.56. The second kappa shape index (κ2) is 9.12. The van der Waals surface area contributed by atoms with Crippen LogP contribution < -0.4 is 15.4 Å². The van der Waals surface area contributed by atoms with Crippen molar-refractivity contribution >= 4 is 15.9 Å². The Balaban J connectivity index is 2.07. The maximum absolute atomic E-state index is 12.1. The number of ether oxygens (including phenoxy) is 1. The Morgan fingerprint density at radius 3 is 2.47 bits per heavy atom. The molecule has 158 valence electrons. The zero-order valence-electron chi connectivity index (χ0n) is 16.3. The third-order valence-electron chi connectivity index (χ3n) is 4.57. The van der Waals surface area contributed by atoms with Crippen LogP contribution in [0.4, 0.5) is 0 Å². The van der Waals surface area contributed by atoms with Crippen LogP contribution in [-0.2, 0) is 21.2 Å². The van der Waals surface area contributed by atoms with Gasteiger partial charge in [0.05, 0.1) is 12.0 Å². The van der Waals surface area contributed by atoms with Crippen molar-refractivity contribution in [2.24, 2.45) is 5.14 Å². The van der Waals surface area contributed by atoms with Crippen molar-refractivity contribution in [2.75, 3.05) is 7.11 Å². The molecule has 0 saturated carbocycles. The van der Waals surface area contributed by atoms with Crippen LogP contribution in [0.5, 0.6) is 5.75 Å². The smallest absolute Gasteiger partial charge is 0.243 e. The Labute approximate surface area is 174 Å².